The quantitative estimate of drug-likeness (QED) is 0.529. The number of carbonyl (C=O) groups is 1. The molecule has 0 aliphatic heterocycles. The standard InChI is InChI=1S/C10H20BrNO2S/c1-8(2)9(11)10(14)12-4-7-15-6-3-5-13/h8-9,13H,3-7H2,1-2H3,(H,12,14). The number of carbonyl (C=O) groups excluding carboxylic acids is 1. The average Bonchev–Trinajstić information content (AvgIpc) is 2.21. The van der Waals surface area contributed by atoms with Crippen LogP contribution in [0, 0.1) is 5.92 Å². The molecule has 0 radical (unpaired) electrons. The molecule has 90 valence electrons. The number of hydrogen-bond donors (Lipinski definition) is 2. The van der Waals surface area contributed by atoms with Gasteiger partial charge in [-0.1, -0.05) is 29.8 Å². The highest BCUT2D eigenvalue weighted by molar-refractivity contribution is 9.10. The monoisotopic (exact) mass is 297 g/mol. The lowest BCUT2D eigenvalue weighted by molar-refractivity contribution is -0.120. The summed E-state index contributed by atoms with van der Waals surface area (Å²) in [5.74, 6) is 2.23. The summed E-state index contributed by atoms with van der Waals surface area (Å²) in [4.78, 5) is 11.4. The number of aliphatic hydroxyl groups is 1. The van der Waals surface area contributed by atoms with Crippen LogP contribution in [0.15, 0.2) is 0 Å². The molecular weight excluding hydrogens is 278 g/mol. The van der Waals surface area contributed by atoms with Crippen molar-refractivity contribution in [2.75, 3.05) is 24.7 Å². The van der Waals surface area contributed by atoms with Gasteiger partial charge < -0.3 is 10.4 Å². The van der Waals surface area contributed by atoms with Crippen LogP contribution in [0.25, 0.3) is 0 Å². The van der Waals surface area contributed by atoms with Crippen molar-refractivity contribution in [2.24, 2.45) is 5.92 Å². The van der Waals surface area contributed by atoms with Gasteiger partial charge in [0.2, 0.25) is 5.91 Å². The third kappa shape index (κ3) is 8.11. The van der Waals surface area contributed by atoms with E-state index in [1.54, 1.807) is 11.8 Å². The fraction of sp³-hybridized carbons (Fsp3) is 0.900. The minimum Gasteiger partial charge on any atom is -0.396 e. The van der Waals surface area contributed by atoms with Crippen LogP contribution in [0.1, 0.15) is 20.3 Å². The predicted octanol–water partition coefficient (Wildman–Crippen LogP) is 1.64. The van der Waals surface area contributed by atoms with Gasteiger partial charge in [-0.2, -0.15) is 11.8 Å². The molecule has 0 bridgehead atoms. The molecule has 15 heavy (non-hydrogen) atoms. The molecule has 0 fully saturated rings. The first-order valence-electron chi connectivity index (χ1n) is 5.20. The molecular formula is C10H20BrNO2S. The summed E-state index contributed by atoms with van der Waals surface area (Å²) >= 11 is 5.10. The van der Waals surface area contributed by atoms with Crippen molar-refractivity contribution in [3.05, 3.63) is 0 Å². The van der Waals surface area contributed by atoms with Crippen LogP contribution >= 0.6 is 27.7 Å². The number of hydrogen-bond acceptors (Lipinski definition) is 3. The fourth-order valence-corrected chi connectivity index (χ4v) is 1.86. The number of thioether (sulfide) groups is 1. The van der Waals surface area contributed by atoms with Crippen LogP contribution in [-0.4, -0.2) is 40.5 Å². The summed E-state index contributed by atoms with van der Waals surface area (Å²) in [6.45, 7) is 4.96. The maximum Gasteiger partial charge on any atom is 0.234 e. The normalized spacial score (nSPS) is 12.9. The van der Waals surface area contributed by atoms with E-state index in [1.165, 1.54) is 0 Å². The van der Waals surface area contributed by atoms with Crippen LogP contribution in [0.5, 0.6) is 0 Å². The number of alkyl halides is 1. The summed E-state index contributed by atoms with van der Waals surface area (Å²) < 4.78 is 0. The molecule has 0 spiro atoms. The first-order valence-corrected chi connectivity index (χ1v) is 7.27. The summed E-state index contributed by atoms with van der Waals surface area (Å²) in [5.41, 5.74) is 0. The first-order chi connectivity index (χ1) is 7.09. The van der Waals surface area contributed by atoms with E-state index in [9.17, 15) is 4.79 Å². The van der Waals surface area contributed by atoms with Crippen LogP contribution < -0.4 is 5.32 Å². The minimum absolute atomic E-state index is 0.0627. The van der Waals surface area contributed by atoms with Gasteiger partial charge >= 0.3 is 0 Å². The van der Waals surface area contributed by atoms with Gasteiger partial charge in [0.1, 0.15) is 0 Å². The summed E-state index contributed by atoms with van der Waals surface area (Å²) in [6, 6.07) is 0. The van der Waals surface area contributed by atoms with Crippen molar-refractivity contribution in [1.29, 1.82) is 0 Å². The zero-order valence-corrected chi connectivity index (χ0v) is 11.7. The molecule has 0 aromatic rings. The molecule has 5 heteroatoms. The number of rotatable bonds is 8. The molecule has 0 aromatic heterocycles. The van der Waals surface area contributed by atoms with Gasteiger partial charge in [-0.3, -0.25) is 4.79 Å². The molecule has 0 heterocycles. The highest BCUT2D eigenvalue weighted by Gasteiger charge is 2.17. The molecule has 0 saturated carbocycles. The molecule has 0 saturated heterocycles. The Kier molecular flexibility index (Phi) is 9.65. The minimum atomic E-state index is -0.0973. The van der Waals surface area contributed by atoms with Crippen molar-refractivity contribution in [3.8, 4) is 0 Å². The maximum atomic E-state index is 11.5. The second-order valence-corrected chi connectivity index (χ2v) is 5.84. The van der Waals surface area contributed by atoms with Crippen molar-refractivity contribution in [3.63, 3.8) is 0 Å². The zero-order valence-electron chi connectivity index (χ0n) is 9.33. The van der Waals surface area contributed by atoms with Crippen LogP contribution in [0.3, 0.4) is 0 Å². The molecule has 0 rings (SSSR count). The largest absolute Gasteiger partial charge is 0.396 e. The van der Waals surface area contributed by atoms with E-state index >= 15 is 0 Å². The highest BCUT2D eigenvalue weighted by Crippen LogP contribution is 2.11. The van der Waals surface area contributed by atoms with E-state index in [1.807, 2.05) is 13.8 Å². The van der Waals surface area contributed by atoms with Gasteiger partial charge in [-0.05, 0) is 18.1 Å². The van der Waals surface area contributed by atoms with Gasteiger partial charge in [0.25, 0.3) is 0 Å². The maximum absolute atomic E-state index is 11.5. The summed E-state index contributed by atoms with van der Waals surface area (Å²) in [5, 5.41) is 11.4. The van der Waals surface area contributed by atoms with Gasteiger partial charge in [0, 0.05) is 18.9 Å². The highest BCUT2D eigenvalue weighted by atomic mass is 79.9. The average molecular weight is 298 g/mol. The van der Waals surface area contributed by atoms with E-state index in [0.29, 0.717) is 12.5 Å². The molecule has 1 unspecified atom stereocenters. The number of nitrogens with one attached hydrogen (secondary N) is 1. The molecule has 3 nitrogen and oxygen atoms in total. The van der Waals surface area contributed by atoms with E-state index in [2.05, 4.69) is 21.2 Å². The van der Waals surface area contributed by atoms with Gasteiger partial charge in [-0.15, -0.1) is 0 Å². The van der Waals surface area contributed by atoms with E-state index < -0.39 is 0 Å². The third-order valence-electron chi connectivity index (χ3n) is 1.83. The molecule has 2 N–H and O–H groups in total. The number of amides is 1. The lowest BCUT2D eigenvalue weighted by Crippen LogP contribution is -2.35. The molecule has 0 aliphatic carbocycles. The lowest BCUT2D eigenvalue weighted by Gasteiger charge is -2.13. The lowest BCUT2D eigenvalue weighted by atomic mass is 10.1. The second kappa shape index (κ2) is 9.48. The van der Waals surface area contributed by atoms with E-state index in [4.69, 9.17) is 5.11 Å². The Balaban J connectivity index is 3.39. The van der Waals surface area contributed by atoms with Crippen molar-refractivity contribution >= 4 is 33.6 Å². The van der Waals surface area contributed by atoms with Crippen molar-refractivity contribution in [2.45, 2.75) is 25.1 Å². The van der Waals surface area contributed by atoms with Crippen LogP contribution in [-0.2, 0) is 4.79 Å². The Bertz CT molecular complexity index is 179. The van der Waals surface area contributed by atoms with E-state index in [0.717, 1.165) is 17.9 Å². The second-order valence-electron chi connectivity index (χ2n) is 3.63. The van der Waals surface area contributed by atoms with Crippen molar-refractivity contribution in [1.82, 2.24) is 5.32 Å². The Morgan fingerprint density at radius 1 is 1.47 bits per heavy atom. The van der Waals surface area contributed by atoms with E-state index in [-0.39, 0.29) is 17.3 Å². The fourth-order valence-electron chi connectivity index (χ4n) is 0.915. The Morgan fingerprint density at radius 3 is 2.67 bits per heavy atom. The summed E-state index contributed by atoms with van der Waals surface area (Å²) in [7, 11) is 0. The van der Waals surface area contributed by atoms with Gasteiger partial charge in [-0.25, -0.2) is 0 Å². The molecule has 0 aromatic carbocycles. The zero-order chi connectivity index (χ0) is 11.7. The van der Waals surface area contributed by atoms with Gasteiger partial charge in [0.15, 0.2) is 0 Å². The third-order valence-corrected chi connectivity index (χ3v) is 4.37. The molecule has 0 aliphatic rings. The Labute approximate surface area is 105 Å². The SMILES string of the molecule is CC(C)C(Br)C(=O)NCCSCCCO. The first kappa shape index (κ1) is 15.3. The predicted molar refractivity (Wildman–Crippen MR) is 69.6 cm³/mol. The smallest absolute Gasteiger partial charge is 0.234 e. The topological polar surface area (TPSA) is 49.3 Å². The molecule has 1 amide bonds. The Morgan fingerprint density at radius 2 is 2.13 bits per heavy atom. The number of aliphatic hydroxyl groups excluding tert-OH is 1. The van der Waals surface area contributed by atoms with Gasteiger partial charge in [0.05, 0.1) is 4.83 Å². The summed E-state index contributed by atoms with van der Waals surface area (Å²) in [6.07, 6.45) is 0.825. The number of halogens is 1. The molecule has 1 atom stereocenters. The van der Waals surface area contributed by atoms with Crippen molar-refractivity contribution < 1.29 is 9.90 Å². The van der Waals surface area contributed by atoms with Crippen LogP contribution in [0.4, 0.5) is 0 Å². The van der Waals surface area contributed by atoms with Crippen LogP contribution in [0.2, 0.25) is 0 Å². The Hall–Kier alpha value is 0.260.